The zero-order valence-corrected chi connectivity index (χ0v) is 13.8. The number of fused-ring (bicyclic) bond motifs is 1. The molecule has 3 rings (SSSR count). The molecule has 0 spiro atoms. The van der Waals surface area contributed by atoms with Crippen molar-refractivity contribution in [2.45, 2.75) is 43.7 Å². The quantitative estimate of drug-likeness (QED) is 0.629. The monoisotopic (exact) mass is 369 g/mol. The minimum Gasteiger partial charge on any atom is -0.369 e. The Labute approximate surface area is 142 Å². The molecule has 0 aliphatic carbocycles. The topological polar surface area (TPSA) is 116 Å². The minimum atomic E-state index is -3.32. The van der Waals surface area contributed by atoms with Crippen LogP contribution in [-0.4, -0.2) is 31.3 Å². The number of nitrogen functional groups attached to an aromatic ring is 1. The van der Waals surface area contributed by atoms with Crippen LogP contribution in [0.25, 0.3) is 11.2 Å². The smallest absolute Gasteiger partial charge is 0.335 e. The molecule has 8 nitrogen and oxygen atoms in total. The summed E-state index contributed by atoms with van der Waals surface area (Å²) in [4.78, 5) is 22.2. The van der Waals surface area contributed by atoms with E-state index >= 15 is 0 Å². The van der Waals surface area contributed by atoms with Crippen LogP contribution < -0.4 is 11.3 Å². The number of nitrogens with two attached hydrogens (primary N) is 1. The largest absolute Gasteiger partial charge is 0.369 e. The van der Waals surface area contributed by atoms with Crippen LogP contribution in [0.2, 0.25) is 0 Å². The number of ether oxygens (including phenoxy) is 1. The molecule has 132 valence electrons. The number of halogens is 2. The third kappa shape index (κ3) is 3.83. The molecule has 2 atom stereocenters. The lowest BCUT2D eigenvalue weighted by Crippen LogP contribution is -2.14. The van der Waals surface area contributed by atoms with E-state index < -0.39 is 26.1 Å². The number of imidazole rings is 1. The molecule has 0 unspecified atom stereocenters. The number of nitrogens with one attached hydrogen (secondary N) is 1. The molecule has 2 aromatic heterocycles. The predicted octanol–water partition coefficient (Wildman–Crippen LogP) is 2.05. The first-order chi connectivity index (χ1) is 11.9. The fourth-order valence-electron chi connectivity index (χ4n) is 2.58. The van der Waals surface area contributed by atoms with E-state index in [1.807, 2.05) is 0 Å². The van der Waals surface area contributed by atoms with Crippen LogP contribution in [-0.2, 0) is 9.30 Å². The van der Waals surface area contributed by atoms with Crippen LogP contribution in [0.5, 0.6) is 0 Å². The fraction of sp³-hybridized carbons (Fsp3) is 0.500. The van der Waals surface area contributed by atoms with Crippen LogP contribution >= 0.6 is 8.46 Å². The molecule has 0 radical (unpaired) electrons. The van der Waals surface area contributed by atoms with Crippen molar-refractivity contribution in [2.75, 3.05) is 5.73 Å². The number of aromatic amines is 1. The Morgan fingerprint density at radius 2 is 2.28 bits per heavy atom. The lowest BCUT2D eigenvalue weighted by molar-refractivity contribution is 0.00682. The maximum atomic E-state index is 12.8. The third-order valence-electron chi connectivity index (χ3n) is 3.74. The van der Waals surface area contributed by atoms with Crippen molar-refractivity contribution in [1.82, 2.24) is 19.5 Å². The highest BCUT2D eigenvalue weighted by Gasteiger charge is 2.29. The highest BCUT2D eigenvalue weighted by molar-refractivity contribution is 7.25. The maximum Gasteiger partial charge on any atom is 0.335 e. The second-order valence-corrected chi connectivity index (χ2v) is 6.39. The van der Waals surface area contributed by atoms with Crippen LogP contribution in [0.1, 0.15) is 31.9 Å². The number of rotatable bonds is 4. The molecule has 2 aromatic rings. The van der Waals surface area contributed by atoms with Crippen molar-refractivity contribution in [3.63, 3.8) is 0 Å². The van der Waals surface area contributed by atoms with Gasteiger partial charge in [0.2, 0.25) is 14.4 Å². The molecule has 0 amide bonds. The van der Waals surface area contributed by atoms with Gasteiger partial charge in [0.25, 0.3) is 5.56 Å². The van der Waals surface area contributed by atoms with Crippen LogP contribution in [0.15, 0.2) is 11.1 Å². The Bertz CT molecular complexity index is 917. The van der Waals surface area contributed by atoms with Crippen molar-refractivity contribution in [2.24, 2.45) is 0 Å². The van der Waals surface area contributed by atoms with E-state index in [2.05, 4.69) is 26.8 Å². The van der Waals surface area contributed by atoms with E-state index in [-0.39, 0.29) is 30.2 Å². The Hall–Kier alpha value is -2.37. The van der Waals surface area contributed by atoms with E-state index in [0.29, 0.717) is 18.5 Å². The first-order valence-corrected chi connectivity index (χ1v) is 8.27. The third-order valence-corrected chi connectivity index (χ3v) is 4.16. The number of H-pyrrole nitrogens is 1. The van der Waals surface area contributed by atoms with Gasteiger partial charge in [0.15, 0.2) is 11.2 Å². The summed E-state index contributed by atoms with van der Waals surface area (Å²) in [6.07, 6.45) is 1.69. The first-order valence-electron chi connectivity index (χ1n) is 7.45. The predicted molar refractivity (Wildman–Crippen MR) is 85.3 cm³/mol. The Balaban J connectivity index is 1.67. The van der Waals surface area contributed by atoms with Gasteiger partial charge >= 0.3 is 5.66 Å². The summed E-state index contributed by atoms with van der Waals surface area (Å²) in [6, 6.07) is 0. The number of aromatic nitrogens is 4. The summed E-state index contributed by atoms with van der Waals surface area (Å²) in [6.45, 7) is 0. The van der Waals surface area contributed by atoms with Crippen molar-refractivity contribution in [3.05, 3.63) is 16.7 Å². The molecule has 3 heterocycles. The maximum absolute atomic E-state index is 12.8. The van der Waals surface area contributed by atoms with E-state index in [4.69, 9.17) is 10.5 Å². The van der Waals surface area contributed by atoms with Crippen molar-refractivity contribution in [3.8, 4) is 11.8 Å². The lowest BCUT2D eigenvalue weighted by atomic mass is 10.2. The molecule has 0 aromatic carbocycles. The van der Waals surface area contributed by atoms with E-state index in [1.165, 1.54) is 6.33 Å². The Morgan fingerprint density at radius 3 is 3.04 bits per heavy atom. The zero-order valence-electron chi connectivity index (χ0n) is 12.9. The molecule has 1 aliphatic rings. The molecule has 25 heavy (non-hydrogen) atoms. The number of hydrogen-bond acceptors (Lipinski definition) is 6. The van der Waals surface area contributed by atoms with Gasteiger partial charge in [-0.05, 0) is 12.8 Å². The minimum absolute atomic E-state index is 0.0155. The molecule has 1 saturated heterocycles. The van der Waals surface area contributed by atoms with Gasteiger partial charge in [-0.1, -0.05) is 5.92 Å². The van der Waals surface area contributed by atoms with Crippen molar-refractivity contribution in [1.29, 1.82) is 0 Å². The number of nitrogens with zero attached hydrogens (tertiary/aromatic N) is 3. The van der Waals surface area contributed by atoms with Crippen LogP contribution in [0, 0.1) is 11.8 Å². The first kappa shape index (κ1) is 17.5. The van der Waals surface area contributed by atoms with E-state index in [9.17, 15) is 18.1 Å². The molecular formula is C14H14F2N5O3P. The van der Waals surface area contributed by atoms with Gasteiger partial charge in [-0.25, -0.2) is 4.98 Å². The molecule has 3 N–H and O–H groups in total. The zero-order chi connectivity index (χ0) is 18.0. The summed E-state index contributed by atoms with van der Waals surface area (Å²) in [5.41, 5.74) is 2.30. The van der Waals surface area contributed by atoms with Gasteiger partial charge in [0, 0.05) is 6.42 Å². The Morgan fingerprint density at radius 1 is 1.48 bits per heavy atom. The normalized spacial score (nSPS) is 20.7. The highest BCUT2D eigenvalue weighted by Crippen LogP contribution is 2.32. The average Bonchev–Trinajstić information content (AvgIpc) is 3.18. The van der Waals surface area contributed by atoms with Gasteiger partial charge in [-0.3, -0.25) is 18.9 Å². The summed E-state index contributed by atoms with van der Waals surface area (Å²) >= 11 is 0. The molecule has 0 bridgehead atoms. The van der Waals surface area contributed by atoms with Gasteiger partial charge in [-0.15, -0.1) is 5.92 Å². The Kier molecular flexibility index (Phi) is 4.79. The van der Waals surface area contributed by atoms with Crippen molar-refractivity contribution >= 4 is 25.6 Å². The average molecular weight is 369 g/mol. The molecule has 1 aliphatic heterocycles. The fourth-order valence-corrected chi connectivity index (χ4v) is 2.73. The van der Waals surface area contributed by atoms with Gasteiger partial charge in [-0.2, -0.15) is 13.8 Å². The van der Waals surface area contributed by atoms with E-state index in [0.717, 1.165) is 0 Å². The molecular weight excluding hydrogens is 355 g/mol. The van der Waals surface area contributed by atoms with Gasteiger partial charge in [0.1, 0.15) is 6.23 Å². The molecule has 11 heteroatoms. The van der Waals surface area contributed by atoms with Crippen LogP contribution in [0.3, 0.4) is 0 Å². The number of hydrogen-bond donors (Lipinski definition) is 2. The summed E-state index contributed by atoms with van der Waals surface area (Å²) in [7, 11) is -1.23. The number of alkyl halides is 2. The lowest BCUT2D eigenvalue weighted by Gasteiger charge is -2.13. The van der Waals surface area contributed by atoms with Crippen LogP contribution in [0.4, 0.5) is 14.7 Å². The molecule has 0 saturated carbocycles. The number of anilines is 1. The van der Waals surface area contributed by atoms with E-state index in [1.54, 1.807) is 4.57 Å². The SMILES string of the molecule is Nc1nc2c(ncn2[C@H]2CC[C@@H](CC#CCC(F)(F)P=O)O2)c(=O)[nH]1. The van der Waals surface area contributed by atoms with Crippen molar-refractivity contribution < 1.29 is 18.1 Å². The summed E-state index contributed by atoms with van der Waals surface area (Å²) in [5.74, 6) is 4.93. The summed E-state index contributed by atoms with van der Waals surface area (Å²) < 4.78 is 43.3. The second-order valence-electron chi connectivity index (χ2n) is 5.56. The summed E-state index contributed by atoms with van der Waals surface area (Å²) in [5, 5.41) is 0. The second kappa shape index (κ2) is 6.86. The van der Waals surface area contributed by atoms with Gasteiger partial charge < -0.3 is 10.5 Å². The standard InChI is InChI=1S/C14H14F2N5O3P/c15-14(16,25-23)6-2-1-3-8-4-5-9(24-8)21-7-18-10-11(21)19-13(17)20-12(10)22/h7-9H,3-6H2,(H3,17,19,20,22)/t8-,9-/m1/s1. The highest BCUT2D eigenvalue weighted by atomic mass is 31.1. The molecule has 1 fully saturated rings. The van der Waals surface area contributed by atoms with Gasteiger partial charge in [0.05, 0.1) is 18.9 Å².